The predicted octanol–water partition coefficient (Wildman–Crippen LogP) is 3.45. The molecule has 1 aliphatic heterocycles. The highest BCUT2D eigenvalue weighted by atomic mass is 28.4. The van der Waals surface area contributed by atoms with Gasteiger partial charge in [-0.15, -0.1) is 6.58 Å². The minimum Gasteiger partial charge on any atom is -0.406 e. The molecule has 1 heterocycles. The quantitative estimate of drug-likeness (QED) is 0.389. The molecule has 26 heavy (non-hydrogen) atoms. The van der Waals surface area contributed by atoms with E-state index in [-0.39, 0.29) is 11.6 Å². The van der Waals surface area contributed by atoms with Gasteiger partial charge in [0.2, 0.25) is 0 Å². The maximum atomic E-state index is 11.3. The first-order chi connectivity index (χ1) is 11.7. The molecule has 6 nitrogen and oxygen atoms in total. The largest absolute Gasteiger partial charge is 0.406 e. The normalized spacial score (nSPS) is 28.2. The van der Waals surface area contributed by atoms with Crippen molar-refractivity contribution in [3.05, 3.63) is 12.7 Å². The smallest absolute Gasteiger partial charge is 0.192 e. The second-order valence-electron chi connectivity index (χ2n) is 9.01. The van der Waals surface area contributed by atoms with E-state index in [1.54, 1.807) is 20.3 Å². The van der Waals surface area contributed by atoms with E-state index in [0.717, 1.165) is 0 Å². The summed E-state index contributed by atoms with van der Waals surface area (Å²) in [5, 5.41) is 11.3. The summed E-state index contributed by atoms with van der Waals surface area (Å²) in [6.07, 6.45) is -0.0111. The monoisotopic (exact) mass is 390 g/mol. The minimum atomic E-state index is -2.20. The first-order valence-corrected chi connectivity index (χ1v) is 12.0. The lowest BCUT2D eigenvalue weighted by molar-refractivity contribution is -0.358. The fourth-order valence-electron chi connectivity index (χ4n) is 2.77. The van der Waals surface area contributed by atoms with E-state index in [2.05, 4.69) is 40.4 Å². The van der Waals surface area contributed by atoms with Crippen molar-refractivity contribution in [2.24, 2.45) is 0 Å². The summed E-state index contributed by atoms with van der Waals surface area (Å²) >= 11 is 0. The summed E-state index contributed by atoms with van der Waals surface area (Å²) in [4.78, 5) is 0. The summed E-state index contributed by atoms with van der Waals surface area (Å²) in [6.45, 7) is 18.3. The van der Waals surface area contributed by atoms with Crippen LogP contribution in [-0.4, -0.2) is 64.1 Å². The van der Waals surface area contributed by atoms with Crippen LogP contribution < -0.4 is 0 Å². The molecule has 0 aromatic rings. The molecular formula is C19H38O6Si. The van der Waals surface area contributed by atoms with Crippen molar-refractivity contribution < 1.29 is 28.5 Å². The van der Waals surface area contributed by atoms with Gasteiger partial charge in [0.1, 0.15) is 17.8 Å². The number of hydrogen-bond donors (Lipinski definition) is 1. The third-order valence-corrected chi connectivity index (χ3v) is 9.85. The Balaban J connectivity index is 3.34. The maximum absolute atomic E-state index is 11.3. The molecule has 154 valence electrons. The lowest BCUT2D eigenvalue weighted by atomic mass is 9.88. The number of aliphatic hydroxyl groups is 1. The molecule has 1 N–H and O–H groups in total. The molecule has 1 saturated heterocycles. The summed E-state index contributed by atoms with van der Waals surface area (Å²) in [5.74, 6) is -0.848. The third-order valence-electron chi connectivity index (χ3n) is 5.38. The van der Waals surface area contributed by atoms with Gasteiger partial charge in [-0.25, -0.2) is 0 Å². The molecular weight excluding hydrogens is 352 g/mol. The molecule has 1 aliphatic rings. The number of methoxy groups -OCH3 is 2. The van der Waals surface area contributed by atoms with Crippen LogP contribution in [0.3, 0.4) is 0 Å². The van der Waals surface area contributed by atoms with Crippen molar-refractivity contribution in [1.29, 1.82) is 0 Å². The zero-order chi connectivity index (χ0) is 20.4. The van der Waals surface area contributed by atoms with Crippen LogP contribution in [0.2, 0.25) is 18.1 Å². The van der Waals surface area contributed by atoms with Crippen LogP contribution in [-0.2, 0) is 23.4 Å². The van der Waals surface area contributed by atoms with Crippen LogP contribution in [0, 0.1) is 0 Å². The van der Waals surface area contributed by atoms with Crippen molar-refractivity contribution in [3.63, 3.8) is 0 Å². The van der Waals surface area contributed by atoms with E-state index < -0.39 is 38.2 Å². The Hall–Kier alpha value is -0.283. The van der Waals surface area contributed by atoms with Gasteiger partial charge >= 0.3 is 0 Å². The zero-order valence-corrected chi connectivity index (χ0v) is 18.9. The van der Waals surface area contributed by atoms with Crippen molar-refractivity contribution in [3.8, 4) is 0 Å². The van der Waals surface area contributed by atoms with Gasteiger partial charge in [-0.05, 0) is 38.4 Å². The molecule has 0 aromatic carbocycles. The highest BCUT2D eigenvalue weighted by Gasteiger charge is 2.54. The highest BCUT2D eigenvalue weighted by Crippen LogP contribution is 2.41. The van der Waals surface area contributed by atoms with Crippen LogP contribution >= 0.6 is 0 Å². The van der Waals surface area contributed by atoms with Crippen molar-refractivity contribution >= 4 is 8.32 Å². The maximum Gasteiger partial charge on any atom is 0.192 e. The highest BCUT2D eigenvalue weighted by molar-refractivity contribution is 6.74. The number of rotatable bonds is 8. The summed E-state index contributed by atoms with van der Waals surface area (Å²) in [6, 6.07) is 0. The summed E-state index contributed by atoms with van der Waals surface area (Å²) < 4.78 is 29.6. The van der Waals surface area contributed by atoms with Crippen LogP contribution in [0.4, 0.5) is 0 Å². The molecule has 1 rings (SSSR count). The van der Waals surface area contributed by atoms with Gasteiger partial charge in [-0.2, -0.15) is 0 Å². The Morgan fingerprint density at radius 1 is 1.27 bits per heavy atom. The van der Waals surface area contributed by atoms with Crippen molar-refractivity contribution in [1.82, 2.24) is 0 Å². The number of hydrogen-bond acceptors (Lipinski definition) is 6. The molecule has 0 aromatic heterocycles. The molecule has 0 spiro atoms. The van der Waals surface area contributed by atoms with Gasteiger partial charge in [0.05, 0.1) is 6.61 Å². The van der Waals surface area contributed by atoms with Crippen LogP contribution in [0.1, 0.15) is 41.0 Å². The van der Waals surface area contributed by atoms with Crippen molar-refractivity contribution in [2.75, 3.05) is 20.8 Å². The van der Waals surface area contributed by atoms with Crippen LogP contribution in [0.5, 0.6) is 0 Å². The first-order valence-electron chi connectivity index (χ1n) is 9.11. The SMILES string of the molecule is C=CC[C@]1(O)COC(C)(C)O[C@H]1[C@@H](O[Si](C)(C)C(C)(C)C)C(OC)OC. The second-order valence-corrected chi connectivity index (χ2v) is 13.8. The summed E-state index contributed by atoms with van der Waals surface area (Å²) in [5.41, 5.74) is -1.28. The van der Waals surface area contributed by atoms with E-state index in [1.807, 2.05) is 13.8 Å². The fourth-order valence-corrected chi connectivity index (χ4v) is 4.04. The lowest BCUT2D eigenvalue weighted by Crippen LogP contribution is -2.66. The Morgan fingerprint density at radius 2 is 1.81 bits per heavy atom. The zero-order valence-electron chi connectivity index (χ0n) is 17.9. The molecule has 1 fully saturated rings. The lowest BCUT2D eigenvalue weighted by Gasteiger charge is -2.51. The van der Waals surface area contributed by atoms with Gasteiger partial charge < -0.3 is 28.5 Å². The van der Waals surface area contributed by atoms with Gasteiger partial charge in [0, 0.05) is 14.2 Å². The van der Waals surface area contributed by atoms with Gasteiger partial charge in [0.25, 0.3) is 0 Å². The molecule has 3 atom stereocenters. The van der Waals surface area contributed by atoms with Gasteiger partial charge in [-0.1, -0.05) is 26.8 Å². The molecule has 0 unspecified atom stereocenters. The van der Waals surface area contributed by atoms with Crippen LogP contribution in [0.25, 0.3) is 0 Å². The Morgan fingerprint density at radius 3 is 2.23 bits per heavy atom. The number of ether oxygens (including phenoxy) is 4. The van der Waals surface area contributed by atoms with Gasteiger partial charge in [-0.3, -0.25) is 0 Å². The molecule has 0 aliphatic carbocycles. The molecule has 0 amide bonds. The Labute approximate surface area is 159 Å². The predicted molar refractivity (Wildman–Crippen MR) is 105 cm³/mol. The van der Waals surface area contributed by atoms with E-state index >= 15 is 0 Å². The summed E-state index contributed by atoms with van der Waals surface area (Å²) in [7, 11) is 0.929. The van der Waals surface area contributed by atoms with E-state index in [4.69, 9.17) is 23.4 Å². The fraction of sp³-hybridized carbons (Fsp3) is 0.895. The molecule has 0 radical (unpaired) electrons. The van der Waals surface area contributed by atoms with E-state index in [9.17, 15) is 5.11 Å². The first kappa shape index (κ1) is 23.8. The van der Waals surface area contributed by atoms with E-state index in [0.29, 0.717) is 6.42 Å². The van der Waals surface area contributed by atoms with Gasteiger partial charge in [0.15, 0.2) is 20.4 Å². The second kappa shape index (κ2) is 8.39. The molecule has 0 saturated carbocycles. The standard InChI is InChI=1S/C19H38O6Si/c1-11-12-19(20)13-23-18(5,6)24-15(19)14(16(21-7)22-8)25-26(9,10)17(2,3)4/h11,14-16,20H,1,12-13H2,2-10H3/t14-,15+,19+/m1/s1. The molecule has 0 bridgehead atoms. The minimum absolute atomic E-state index is 0.0193. The average Bonchev–Trinajstić information content (AvgIpc) is 2.49. The average molecular weight is 391 g/mol. The Kier molecular flexibility index (Phi) is 7.66. The van der Waals surface area contributed by atoms with Crippen LogP contribution in [0.15, 0.2) is 12.7 Å². The van der Waals surface area contributed by atoms with Crippen molar-refractivity contribution in [2.45, 2.75) is 89.1 Å². The Bertz CT molecular complexity index is 469. The molecule has 7 heteroatoms. The topological polar surface area (TPSA) is 66.4 Å². The third kappa shape index (κ3) is 5.38. The van der Waals surface area contributed by atoms with E-state index in [1.165, 1.54) is 0 Å².